The van der Waals surface area contributed by atoms with Crippen LogP contribution in [0.4, 0.5) is 4.79 Å². The van der Waals surface area contributed by atoms with Gasteiger partial charge in [0.05, 0.1) is 6.04 Å². The summed E-state index contributed by atoms with van der Waals surface area (Å²) in [4.78, 5) is 67.8. The molecule has 0 aromatic heterocycles. The standard InChI is InChI=1S/C31H52N4O7/c1-11-13-15-20(23(36)26(38)32-16-14-17-41-12-2)33-25(37)22-21-19(31(21,9)10)18-35(22)27(39)24(29(3,4)5)34-28(40)42-30(6,7)8/h11,19-22,24H,1,12-18H2,2-10H3,(H,32,38)(H,33,37)(H,34,40). The van der Waals surface area contributed by atoms with E-state index >= 15 is 0 Å². The van der Waals surface area contributed by atoms with E-state index in [0.29, 0.717) is 32.6 Å². The number of carbonyl (C=O) groups is 5. The maximum atomic E-state index is 14.0. The number of fused-ring (bicyclic) bond motifs is 1. The normalized spacial score (nSPS) is 22.3. The molecule has 0 aromatic carbocycles. The lowest BCUT2D eigenvalue weighted by atomic mass is 9.85. The van der Waals surface area contributed by atoms with Gasteiger partial charge in [-0.1, -0.05) is 40.7 Å². The van der Waals surface area contributed by atoms with E-state index in [4.69, 9.17) is 9.47 Å². The van der Waals surface area contributed by atoms with Crippen LogP contribution in [0.2, 0.25) is 0 Å². The average Bonchev–Trinajstić information content (AvgIpc) is 3.20. The fraction of sp³-hybridized carbons (Fsp3) is 0.774. The zero-order valence-electron chi connectivity index (χ0n) is 26.9. The Balaban J connectivity index is 2.25. The molecular formula is C31H52N4O7. The molecule has 3 N–H and O–H groups in total. The highest BCUT2D eigenvalue weighted by molar-refractivity contribution is 6.38. The molecule has 5 unspecified atom stereocenters. The molecule has 5 atom stereocenters. The number of hydrogen-bond acceptors (Lipinski definition) is 7. The SMILES string of the molecule is C=CCCC(NC(=O)C1C2C(CN1C(=O)C(NC(=O)OC(C)(C)C)C(C)(C)C)C2(C)C)C(=O)C(=O)NCCCOCC. The number of allylic oxidation sites excluding steroid dienone is 1. The molecule has 1 saturated carbocycles. The van der Waals surface area contributed by atoms with Crippen LogP contribution in [0.25, 0.3) is 0 Å². The highest BCUT2D eigenvalue weighted by atomic mass is 16.6. The molecule has 238 valence electrons. The summed E-state index contributed by atoms with van der Waals surface area (Å²) in [6.45, 7) is 22.0. The number of rotatable bonds is 14. The van der Waals surface area contributed by atoms with Crippen molar-refractivity contribution >= 4 is 29.6 Å². The van der Waals surface area contributed by atoms with Crippen molar-refractivity contribution < 1.29 is 33.4 Å². The van der Waals surface area contributed by atoms with Gasteiger partial charge in [0.15, 0.2) is 0 Å². The van der Waals surface area contributed by atoms with Gasteiger partial charge in [-0.2, -0.15) is 0 Å². The lowest BCUT2D eigenvalue weighted by Crippen LogP contribution is -2.60. The molecule has 11 heteroatoms. The molecule has 2 fully saturated rings. The van der Waals surface area contributed by atoms with Crippen LogP contribution in [0.15, 0.2) is 12.7 Å². The average molecular weight is 593 g/mol. The molecule has 2 rings (SSSR count). The second kappa shape index (κ2) is 14.0. The van der Waals surface area contributed by atoms with Crippen LogP contribution in [0.3, 0.4) is 0 Å². The monoisotopic (exact) mass is 592 g/mol. The van der Waals surface area contributed by atoms with Crippen molar-refractivity contribution in [3.63, 3.8) is 0 Å². The summed E-state index contributed by atoms with van der Waals surface area (Å²) in [5.74, 6) is -2.43. The minimum Gasteiger partial charge on any atom is -0.444 e. The predicted octanol–water partition coefficient (Wildman–Crippen LogP) is 2.97. The maximum absolute atomic E-state index is 14.0. The van der Waals surface area contributed by atoms with Gasteiger partial charge in [-0.3, -0.25) is 19.2 Å². The number of amides is 4. The van der Waals surface area contributed by atoms with Gasteiger partial charge in [0.1, 0.15) is 17.7 Å². The number of nitrogens with one attached hydrogen (secondary N) is 3. The highest BCUT2D eigenvalue weighted by Gasteiger charge is 2.70. The Labute approximate surface area is 250 Å². The van der Waals surface area contributed by atoms with E-state index in [1.807, 2.05) is 27.7 Å². The minimum atomic E-state index is -1.07. The molecule has 1 aliphatic carbocycles. The largest absolute Gasteiger partial charge is 0.444 e. The van der Waals surface area contributed by atoms with Gasteiger partial charge in [0.2, 0.25) is 17.6 Å². The fourth-order valence-corrected chi connectivity index (χ4v) is 5.63. The maximum Gasteiger partial charge on any atom is 0.408 e. The first-order chi connectivity index (χ1) is 19.4. The number of carbonyl (C=O) groups excluding carboxylic acids is 5. The van der Waals surface area contributed by atoms with E-state index in [0.717, 1.165) is 0 Å². The van der Waals surface area contributed by atoms with Crippen LogP contribution < -0.4 is 16.0 Å². The van der Waals surface area contributed by atoms with Gasteiger partial charge in [-0.25, -0.2) is 4.79 Å². The summed E-state index contributed by atoms with van der Waals surface area (Å²) in [5, 5.41) is 8.11. The van der Waals surface area contributed by atoms with Crippen LogP contribution in [0.5, 0.6) is 0 Å². The fourth-order valence-electron chi connectivity index (χ4n) is 5.63. The topological polar surface area (TPSA) is 143 Å². The van der Waals surface area contributed by atoms with Gasteiger partial charge < -0.3 is 30.3 Å². The highest BCUT2D eigenvalue weighted by Crippen LogP contribution is 2.65. The molecule has 1 saturated heterocycles. The van der Waals surface area contributed by atoms with Crippen molar-refractivity contribution in [1.29, 1.82) is 0 Å². The Bertz CT molecular complexity index is 1030. The number of ketones is 1. The smallest absolute Gasteiger partial charge is 0.408 e. The second-order valence-corrected chi connectivity index (χ2v) is 13.9. The van der Waals surface area contributed by atoms with E-state index in [-0.39, 0.29) is 30.2 Å². The third kappa shape index (κ3) is 9.02. The molecule has 1 heterocycles. The van der Waals surface area contributed by atoms with Crippen LogP contribution in [0, 0.1) is 22.7 Å². The third-order valence-corrected chi connectivity index (χ3v) is 8.01. The Morgan fingerprint density at radius 1 is 1.07 bits per heavy atom. The summed E-state index contributed by atoms with van der Waals surface area (Å²) in [6, 6.07) is -2.88. The van der Waals surface area contributed by atoms with Crippen molar-refractivity contribution in [2.75, 3.05) is 26.3 Å². The van der Waals surface area contributed by atoms with Crippen LogP contribution in [0.1, 0.15) is 81.6 Å². The second-order valence-electron chi connectivity index (χ2n) is 13.9. The molecule has 1 aliphatic heterocycles. The summed E-state index contributed by atoms with van der Waals surface area (Å²) in [6.07, 6.45) is 2.06. The number of likely N-dealkylation sites (tertiary alicyclic amines) is 1. The quantitative estimate of drug-likeness (QED) is 0.160. The van der Waals surface area contributed by atoms with Crippen molar-refractivity contribution in [1.82, 2.24) is 20.9 Å². The van der Waals surface area contributed by atoms with Crippen LogP contribution in [-0.2, 0) is 28.7 Å². The summed E-state index contributed by atoms with van der Waals surface area (Å²) >= 11 is 0. The summed E-state index contributed by atoms with van der Waals surface area (Å²) < 4.78 is 10.7. The third-order valence-electron chi connectivity index (χ3n) is 8.01. The Hall–Kier alpha value is -2.95. The zero-order valence-corrected chi connectivity index (χ0v) is 26.9. The number of hydrogen-bond donors (Lipinski definition) is 3. The zero-order chi connectivity index (χ0) is 32.0. The van der Waals surface area contributed by atoms with Crippen molar-refractivity contribution in [3.8, 4) is 0 Å². The predicted molar refractivity (Wildman–Crippen MR) is 159 cm³/mol. The van der Waals surface area contributed by atoms with Gasteiger partial charge in [0.25, 0.3) is 5.91 Å². The minimum absolute atomic E-state index is 0.0929. The lowest BCUT2D eigenvalue weighted by Gasteiger charge is -2.38. The van der Waals surface area contributed by atoms with Gasteiger partial charge >= 0.3 is 6.09 Å². The molecule has 42 heavy (non-hydrogen) atoms. The molecule has 0 radical (unpaired) electrons. The number of piperidine rings is 1. The first-order valence-corrected chi connectivity index (χ1v) is 15.0. The molecule has 4 amide bonds. The van der Waals surface area contributed by atoms with Crippen molar-refractivity contribution in [2.24, 2.45) is 22.7 Å². The lowest BCUT2D eigenvalue weighted by molar-refractivity contribution is -0.145. The summed E-state index contributed by atoms with van der Waals surface area (Å²) in [7, 11) is 0. The number of Topliss-reactive ketones (excluding diaryl/α,β-unsaturated/α-hetero) is 1. The number of alkyl carbamates (subject to hydrolysis) is 1. The first kappa shape index (κ1) is 35.2. The Kier molecular flexibility index (Phi) is 11.8. The van der Waals surface area contributed by atoms with Crippen LogP contribution in [-0.4, -0.2) is 84.5 Å². The van der Waals surface area contributed by atoms with E-state index in [1.54, 1.807) is 26.8 Å². The molecule has 0 bridgehead atoms. The Morgan fingerprint density at radius 2 is 1.71 bits per heavy atom. The molecular weight excluding hydrogens is 540 g/mol. The Morgan fingerprint density at radius 3 is 2.26 bits per heavy atom. The van der Waals surface area contributed by atoms with Gasteiger partial charge in [0, 0.05) is 26.3 Å². The van der Waals surface area contributed by atoms with E-state index in [2.05, 4.69) is 36.4 Å². The van der Waals surface area contributed by atoms with E-state index in [9.17, 15) is 24.0 Å². The number of ether oxygens (including phenoxy) is 2. The van der Waals surface area contributed by atoms with Crippen molar-refractivity contribution in [3.05, 3.63) is 12.7 Å². The van der Waals surface area contributed by atoms with Gasteiger partial charge in [-0.05, 0) is 69.6 Å². The molecule has 0 spiro atoms. The van der Waals surface area contributed by atoms with E-state index in [1.165, 1.54) is 4.90 Å². The molecule has 0 aromatic rings. The molecule has 2 aliphatic rings. The molecule has 11 nitrogen and oxygen atoms in total. The number of nitrogens with zero attached hydrogens (tertiary/aromatic N) is 1. The first-order valence-electron chi connectivity index (χ1n) is 15.0. The summed E-state index contributed by atoms with van der Waals surface area (Å²) in [5.41, 5.74) is -1.60. The van der Waals surface area contributed by atoms with Crippen molar-refractivity contribution in [2.45, 2.75) is 105 Å². The van der Waals surface area contributed by atoms with Gasteiger partial charge in [-0.15, -0.1) is 6.58 Å². The van der Waals surface area contributed by atoms with E-state index < -0.39 is 58.7 Å². The van der Waals surface area contributed by atoms with Crippen LogP contribution >= 0.6 is 0 Å².